The molecule has 5 rings (SSSR count). The molecule has 1 N–H and O–H groups in total. The first-order chi connectivity index (χ1) is 17.9. The van der Waals surface area contributed by atoms with E-state index in [0.717, 1.165) is 21.2 Å². The average molecular weight is 563 g/mol. The van der Waals surface area contributed by atoms with Crippen molar-refractivity contribution in [3.63, 3.8) is 0 Å². The number of fused-ring (bicyclic) bond motifs is 3. The number of hydrogen-bond donors (Lipinski definition) is 1. The predicted octanol–water partition coefficient (Wildman–Crippen LogP) is 4.60. The van der Waals surface area contributed by atoms with Gasteiger partial charge in [0.25, 0.3) is 5.91 Å². The molecule has 0 saturated heterocycles. The van der Waals surface area contributed by atoms with Gasteiger partial charge in [0.15, 0.2) is 11.6 Å². The Morgan fingerprint density at radius 2 is 1.86 bits per heavy atom. The highest BCUT2D eigenvalue weighted by Gasteiger charge is 2.57. The molecule has 0 bridgehead atoms. The first-order valence-electron chi connectivity index (χ1n) is 12.2. The molecular formula is C29H27BrN2O5. The summed E-state index contributed by atoms with van der Waals surface area (Å²) in [5.41, 5.74) is 1.93. The number of rotatable bonds is 7. The molecule has 190 valence electrons. The summed E-state index contributed by atoms with van der Waals surface area (Å²) in [4.78, 5) is 33.2. The zero-order valence-electron chi connectivity index (χ0n) is 20.4. The number of ether oxygens (including phenoxy) is 2. The van der Waals surface area contributed by atoms with Crippen LogP contribution >= 0.6 is 15.9 Å². The van der Waals surface area contributed by atoms with Crippen molar-refractivity contribution in [3.8, 4) is 5.75 Å². The minimum absolute atomic E-state index is 0.0660. The van der Waals surface area contributed by atoms with Crippen LogP contribution in [0, 0.1) is 0 Å². The summed E-state index contributed by atoms with van der Waals surface area (Å²) in [6, 6.07) is 22.7. The largest absolute Gasteiger partial charge is 0.494 e. The molecule has 2 aliphatic heterocycles. The number of nitrogens with zero attached hydrogens (tertiary/aromatic N) is 2. The fourth-order valence-electron chi connectivity index (χ4n) is 4.84. The molecule has 3 aromatic carbocycles. The Kier molecular flexibility index (Phi) is 7.13. The Labute approximate surface area is 223 Å². The molecule has 8 heteroatoms. The molecule has 2 heterocycles. The summed E-state index contributed by atoms with van der Waals surface area (Å²) in [5, 5.41) is 8.98. The number of carbonyl (C=O) groups excluding carboxylic acids is 2. The van der Waals surface area contributed by atoms with Gasteiger partial charge in [0.05, 0.1) is 13.2 Å². The lowest BCUT2D eigenvalue weighted by molar-refractivity contribution is -0.149. The smallest absolute Gasteiger partial charge is 0.262 e. The van der Waals surface area contributed by atoms with Crippen LogP contribution in [-0.4, -0.2) is 46.5 Å². The van der Waals surface area contributed by atoms with E-state index in [1.54, 1.807) is 0 Å². The van der Waals surface area contributed by atoms with Gasteiger partial charge < -0.3 is 14.6 Å². The van der Waals surface area contributed by atoms with Crippen molar-refractivity contribution in [2.45, 2.75) is 38.0 Å². The van der Waals surface area contributed by atoms with Gasteiger partial charge in [-0.15, -0.1) is 0 Å². The molecule has 0 saturated carbocycles. The van der Waals surface area contributed by atoms with Crippen molar-refractivity contribution < 1.29 is 24.2 Å². The number of aliphatic imine (C=N–C) groups is 1. The normalized spacial score (nSPS) is 20.4. The lowest BCUT2D eigenvalue weighted by Gasteiger charge is -2.31. The SMILES string of the molecule is CC(=O)N1Cc2ccccc2[C@@H]2OC(c3ccc(OCCCO)cc3)=N[C@]2(Cc2ccccc2Br)C1=O. The van der Waals surface area contributed by atoms with E-state index in [9.17, 15) is 9.59 Å². The number of imide groups is 1. The van der Waals surface area contributed by atoms with Crippen LogP contribution in [0.3, 0.4) is 0 Å². The molecule has 2 amide bonds. The minimum Gasteiger partial charge on any atom is -0.494 e. The third-order valence-corrected chi connectivity index (χ3v) is 7.49. The predicted molar refractivity (Wildman–Crippen MR) is 142 cm³/mol. The number of benzene rings is 3. The molecule has 0 radical (unpaired) electrons. The van der Waals surface area contributed by atoms with E-state index in [4.69, 9.17) is 19.6 Å². The molecule has 0 spiro atoms. The van der Waals surface area contributed by atoms with Gasteiger partial charge in [0, 0.05) is 42.0 Å². The summed E-state index contributed by atoms with van der Waals surface area (Å²) in [6.45, 7) is 2.06. The second kappa shape index (κ2) is 10.5. The molecule has 0 unspecified atom stereocenters. The number of amides is 2. The highest BCUT2D eigenvalue weighted by atomic mass is 79.9. The molecule has 2 aliphatic rings. The molecule has 37 heavy (non-hydrogen) atoms. The van der Waals surface area contributed by atoms with Gasteiger partial charge in [-0.1, -0.05) is 58.4 Å². The van der Waals surface area contributed by atoms with E-state index >= 15 is 0 Å². The van der Waals surface area contributed by atoms with Crippen molar-refractivity contribution in [2.24, 2.45) is 4.99 Å². The van der Waals surface area contributed by atoms with Crippen LogP contribution in [0.1, 0.15) is 41.7 Å². The molecule has 0 aromatic heterocycles. The first kappa shape index (κ1) is 25.2. The summed E-state index contributed by atoms with van der Waals surface area (Å²) in [5.74, 6) is 0.292. The van der Waals surface area contributed by atoms with E-state index in [1.807, 2.05) is 72.8 Å². The fourth-order valence-corrected chi connectivity index (χ4v) is 5.27. The van der Waals surface area contributed by atoms with Crippen molar-refractivity contribution in [2.75, 3.05) is 13.2 Å². The van der Waals surface area contributed by atoms with Gasteiger partial charge in [-0.05, 0) is 41.5 Å². The quantitative estimate of drug-likeness (QED) is 0.425. The number of aliphatic hydroxyl groups excluding tert-OH is 1. The zero-order chi connectivity index (χ0) is 26.0. The Bertz CT molecular complexity index is 1360. The molecule has 0 aliphatic carbocycles. The van der Waals surface area contributed by atoms with Crippen LogP contribution in [0.5, 0.6) is 5.75 Å². The molecular weight excluding hydrogens is 536 g/mol. The van der Waals surface area contributed by atoms with Crippen LogP contribution < -0.4 is 4.74 Å². The lowest BCUT2D eigenvalue weighted by Crippen LogP contribution is -2.51. The Morgan fingerprint density at radius 1 is 1.14 bits per heavy atom. The third-order valence-electron chi connectivity index (χ3n) is 6.72. The van der Waals surface area contributed by atoms with Crippen molar-refractivity contribution >= 4 is 33.6 Å². The van der Waals surface area contributed by atoms with Crippen LogP contribution in [0.2, 0.25) is 0 Å². The highest BCUT2D eigenvalue weighted by molar-refractivity contribution is 9.10. The van der Waals surface area contributed by atoms with Crippen molar-refractivity contribution in [1.29, 1.82) is 0 Å². The summed E-state index contributed by atoms with van der Waals surface area (Å²) < 4.78 is 13.0. The highest BCUT2D eigenvalue weighted by Crippen LogP contribution is 2.47. The lowest BCUT2D eigenvalue weighted by atomic mass is 9.81. The average Bonchev–Trinajstić information content (AvgIpc) is 3.25. The van der Waals surface area contributed by atoms with Crippen LogP contribution in [0.25, 0.3) is 0 Å². The monoisotopic (exact) mass is 562 g/mol. The Morgan fingerprint density at radius 3 is 2.59 bits per heavy atom. The number of aliphatic hydroxyl groups is 1. The zero-order valence-corrected chi connectivity index (χ0v) is 22.0. The van der Waals surface area contributed by atoms with Gasteiger partial charge >= 0.3 is 0 Å². The summed E-state index contributed by atoms with van der Waals surface area (Å²) in [7, 11) is 0. The van der Waals surface area contributed by atoms with E-state index in [-0.39, 0.29) is 31.4 Å². The van der Waals surface area contributed by atoms with Gasteiger partial charge in [0.2, 0.25) is 11.8 Å². The van der Waals surface area contributed by atoms with Crippen molar-refractivity contribution in [3.05, 3.63) is 99.5 Å². The van der Waals surface area contributed by atoms with Crippen LogP contribution in [0.4, 0.5) is 0 Å². The second-order valence-corrected chi connectivity index (χ2v) is 10.0. The van der Waals surface area contributed by atoms with Gasteiger partial charge in [-0.3, -0.25) is 14.5 Å². The van der Waals surface area contributed by atoms with E-state index in [1.165, 1.54) is 11.8 Å². The standard InChI is InChI=1S/C29H27BrN2O5/c1-19(34)32-18-22-8-2-4-9-24(22)26-29(28(32)35,17-21-7-3-5-10-25(21)30)31-27(37-26)20-11-13-23(14-12-20)36-16-6-15-33/h2-5,7-14,26,33H,6,15-18H2,1H3/t26-,29-/m0/s1. The van der Waals surface area contributed by atoms with Crippen molar-refractivity contribution in [1.82, 2.24) is 4.90 Å². The number of halogens is 1. The van der Waals surface area contributed by atoms with E-state index < -0.39 is 11.6 Å². The molecule has 3 aromatic rings. The maximum atomic E-state index is 14.2. The van der Waals surface area contributed by atoms with Crippen LogP contribution in [0.15, 0.2) is 82.3 Å². The third kappa shape index (κ3) is 4.79. The summed E-state index contributed by atoms with van der Waals surface area (Å²) >= 11 is 3.62. The Hall–Kier alpha value is -3.49. The van der Waals surface area contributed by atoms with Crippen LogP contribution in [-0.2, 0) is 27.3 Å². The molecule has 0 fully saturated rings. The Balaban J connectivity index is 1.62. The minimum atomic E-state index is -1.37. The van der Waals surface area contributed by atoms with E-state index in [0.29, 0.717) is 30.2 Å². The number of hydrogen-bond acceptors (Lipinski definition) is 6. The fraction of sp³-hybridized carbons (Fsp3) is 0.276. The second-order valence-electron chi connectivity index (χ2n) is 9.17. The first-order valence-corrected chi connectivity index (χ1v) is 13.0. The van der Waals surface area contributed by atoms with E-state index in [2.05, 4.69) is 15.9 Å². The molecule has 7 nitrogen and oxygen atoms in total. The summed E-state index contributed by atoms with van der Waals surface area (Å²) in [6.07, 6.45) is 0.0931. The molecule has 2 atom stereocenters. The topological polar surface area (TPSA) is 88.4 Å². The maximum absolute atomic E-state index is 14.2. The van der Waals surface area contributed by atoms with Gasteiger partial charge in [-0.2, -0.15) is 0 Å². The van der Waals surface area contributed by atoms with Gasteiger partial charge in [-0.25, -0.2) is 4.99 Å². The number of carbonyl (C=O) groups is 2. The van der Waals surface area contributed by atoms with Gasteiger partial charge in [0.1, 0.15) is 5.75 Å². The maximum Gasteiger partial charge on any atom is 0.262 e.